The van der Waals surface area contributed by atoms with Gasteiger partial charge in [0, 0.05) is 43.2 Å². The monoisotopic (exact) mass is 348 g/mol. The van der Waals surface area contributed by atoms with Crippen molar-refractivity contribution >= 4 is 17.7 Å². The van der Waals surface area contributed by atoms with E-state index in [1.165, 1.54) is 0 Å². The average Bonchev–Trinajstić information content (AvgIpc) is 3.00. The molecular formula is C16H24N6OS. The molecule has 2 heterocycles. The predicted octanol–water partition coefficient (Wildman–Crippen LogP) is 1.45. The van der Waals surface area contributed by atoms with Crippen molar-refractivity contribution in [3.8, 4) is 0 Å². The minimum Gasteiger partial charge on any atom is -0.350 e. The van der Waals surface area contributed by atoms with Gasteiger partial charge in [0.1, 0.15) is 5.69 Å². The number of rotatable bonds is 8. The van der Waals surface area contributed by atoms with Gasteiger partial charge in [-0.05, 0) is 17.9 Å². The highest BCUT2D eigenvalue weighted by atomic mass is 32.2. The Morgan fingerprint density at radius 2 is 2.25 bits per heavy atom. The molecule has 1 amide bonds. The number of carbonyl (C=O) groups is 1. The molecule has 130 valence electrons. The third kappa shape index (κ3) is 5.04. The molecule has 7 nitrogen and oxygen atoms in total. The summed E-state index contributed by atoms with van der Waals surface area (Å²) in [4.78, 5) is 16.7. The molecule has 0 aromatic carbocycles. The summed E-state index contributed by atoms with van der Waals surface area (Å²) in [5.41, 5.74) is 7.57. The molecule has 0 aliphatic rings. The van der Waals surface area contributed by atoms with Crippen molar-refractivity contribution in [3.05, 3.63) is 41.5 Å². The second-order valence-corrected chi connectivity index (χ2v) is 7.27. The van der Waals surface area contributed by atoms with Crippen molar-refractivity contribution in [3.63, 3.8) is 0 Å². The number of amides is 1. The Hall–Kier alpha value is -1.93. The summed E-state index contributed by atoms with van der Waals surface area (Å²) in [6.07, 6.45) is 5.48. The number of nitrogens with zero attached hydrogens (tertiary/aromatic N) is 4. The quantitative estimate of drug-likeness (QED) is 0.749. The maximum Gasteiger partial charge on any atom is 0.270 e. The van der Waals surface area contributed by atoms with Crippen molar-refractivity contribution in [2.45, 2.75) is 32.7 Å². The zero-order chi connectivity index (χ0) is 17.6. The lowest BCUT2D eigenvalue weighted by atomic mass is 9.93. The van der Waals surface area contributed by atoms with Crippen LogP contribution in [0.4, 0.5) is 0 Å². The molecule has 3 N–H and O–H groups in total. The van der Waals surface area contributed by atoms with Crippen molar-refractivity contribution < 1.29 is 4.79 Å². The SMILES string of the molecule is CSCc1cccnc1C(=O)NCC(C)(C)Cn1cc(CN)nn1. The zero-order valence-corrected chi connectivity index (χ0v) is 15.1. The number of carbonyl (C=O) groups excluding carboxylic acids is 1. The van der Waals surface area contributed by atoms with E-state index >= 15 is 0 Å². The summed E-state index contributed by atoms with van der Waals surface area (Å²) in [6, 6.07) is 3.79. The van der Waals surface area contributed by atoms with E-state index < -0.39 is 0 Å². The second kappa shape index (κ2) is 8.25. The molecule has 2 aromatic rings. The fourth-order valence-electron chi connectivity index (χ4n) is 2.32. The van der Waals surface area contributed by atoms with Gasteiger partial charge in [0.25, 0.3) is 5.91 Å². The van der Waals surface area contributed by atoms with Gasteiger partial charge in [0.2, 0.25) is 0 Å². The molecular weight excluding hydrogens is 324 g/mol. The van der Waals surface area contributed by atoms with Crippen LogP contribution in [0.1, 0.15) is 35.6 Å². The second-order valence-electron chi connectivity index (χ2n) is 6.40. The summed E-state index contributed by atoms with van der Waals surface area (Å²) in [6.45, 7) is 5.66. The highest BCUT2D eigenvalue weighted by Crippen LogP contribution is 2.17. The molecule has 0 aliphatic heterocycles. The molecule has 24 heavy (non-hydrogen) atoms. The molecule has 0 fully saturated rings. The fourth-order valence-corrected chi connectivity index (χ4v) is 2.87. The Balaban J connectivity index is 1.97. The van der Waals surface area contributed by atoms with Crippen LogP contribution in [-0.4, -0.2) is 38.7 Å². The van der Waals surface area contributed by atoms with Crippen molar-refractivity contribution in [2.75, 3.05) is 12.8 Å². The van der Waals surface area contributed by atoms with Gasteiger partial charge in [0.15, 0.2) is 0 Å². The van der Waals surface area contributed by atoms with Crippen LogP contribution in [0, 0.1) is 5.41 Å². The minimum absolute atomic E-state index is 0.144. The zero-order valence-electron chi connectivity index (χ0n) is 14.3. The van der Waals surface area contributed by atoms with Crippen LogP contribution in [0.15, 0.2) is 24.5 Å². The van der Waals surface area contributed by atoms with E-state index in [-0.39, 0.29) is 11.3 Å². The van der Waals surface area contributed by atoms with Crippen LogP contribution in [-0.2, 0) is 18.8 Å². The predicted molar refractivity (Wildman–Crippen MR) is 95.5 cm³/mol. The van der Waals surface area contributed by atoms with Gasteiger partial charge < -0.3 is 11.1 Å². The Kier molecular flexibility index (Phi) is 6.33. The molecule has 0 aliphatic carbocycles. The Morgan fingerprint density at radius 1 is 1.46 bits per heavy atom. The standard InChI is InChI=1S/C16H24N6OS/c1-16(2,11-22-8-13(7-17)20-21-22)10-19-15(23)14-12(9-24-3)5-4-6-18-14/h4-6,8H,7,9-11,17H2,1-3H3,(H,19,23). The summed E-state index contributed by atoms with van der Waals surface area (Å²) < 4.78 is 1.76. The lowest BCUT2D eigenvalue weighted by Gasteiger charge is -2.24. The lowest BCUT2D eigenvalue weighted by Crippen LogP contribution is -2.37. The van der Waals surface area contributed by atoms with E-state index in [0.717, 1.165) is 17.0 Å². The number of thioether (sulfide) groups is 1. The smallest absolute Gasteiger partial charge is 0.270 e. The molecule has 0 saturated heterocycles. The number of pyridine rings is 1. The maximum absolute atomic E-state index is 12.5. The topological polar surface area (TPSA) is 98.7 Å². The van der Waals surface area contributed by atoms with Gasteiger partial charge in [-0.1, -0.05) is 25.1 Å². The van der Waals surface area contributed by atoms with E-state index in [4.69, 9.17) is 5.73 Å². The number of nitrogens with two attached hydrogens (primary N) is 1. The van der Waals surface area contributed by atoms with Crippen molar-refractivity contribution in [1.82, 2.24) is 25.3 Å². The van der Waals surface area contributed by atoms with Crippen LogP contribution < -0.4 is 11.1 Å². The minimum atomic E-state index is -0.177. The third-order valence-electron chi connectivity index (χ3n) is 3.52. The third-order valence-corrected chi connectivity index (χ3v) is 4.12. The van der Waals surface area contributed by atoms with Gasteiger partial charge in [-0.15, -0.1) is 5.10 Å². The van der Waals surface area contributed by atoms with Gasteiger partial charge in [-0.3, -0.25) is 14.5 Å². The molecule has 2 rings (SSSR count). The molecule has 0 atom stereocenters. The fraction of sp³-hybridized carbons (Fsp3) is 0.500. The first kappa shape index (κ1) is 18.4. The van der Waals surface area contributed by atoms with Crippen LogP contribution in [0.2, 0.25) is 0 Å². The van der Waals surface area contributed by atoms with Gasteiger partial charge in [0.05, 0.1) is 5.69 Å². The lowest BCUT2D eigenvalue weighted by molar-refractivity contribution is 0.0925. The molecule has 0 bridgehead atoms. The van der Waals surface area contributed by atoms with E-state index in [1.54, 1.807) is 22.6 Å². The highest BCUT2D eigenvalue weighted by molar-refractivity contribution is 7.97. The molecule has 0 radical (unpaired) electrons. The molecule has 2 aromatic heterocycles. The van der Waals surface area contributed by atoms with Gasteiger partial charge in [-0.25, -0.2) is 0 Å². The van der Waals surface area contributed by atoms with Crippen molar-refractivity contribution in [2.24, 2.45) is 11.1 Å². The summed E-state index contributed by atoms with van der Waals surface area (Å²) in [5, 5.41) is 11.0. The van der Waals surface area contributed by atoms with Crippen LogP contribution >= 0.6 is 11.8 Å². The number of nitrogens with one attached hydrogen (secondary N) is 1. The first-order chi connectivity index (χ1) is 11.4. The van der Waals surface area contributed by atoms with E-state index in [2.05, 4.69) is 34.5 Å². The summed E-state index contributed by atoms with van der Waals surface area (Å²) in [7, 11) is 0. The Bertz CT molecular complexity index is 685. The summed E-state index contributed by atoms with van der Waals surface area (Å²) >= 11 is 1.67. The molecule has 0 saturated carbocycles. The van der Waals surface area contributed by atoms with E-state index in [9.17, 15) is 4.79 Å². The Labute approximate surface area is 146 Å². The average molecular weight is 348 g/mol. The van der Waals surface area contributed by atoms with Gasteiger partial charge >= 0.3 is 0 Å². The first-order valence-electron chi connectivity index (χ1n) is 7.75. The largest absolute Gasteiger partial charge is 0.350 e. The maximum atomic E-state index is 12.5. The summed E-state index contributed by atoms with van der Waals surface area (Å²) in [5.74, 6) is 0.620. The number of aromatic nitrogens is 4. The van der Waals surface area contributed by atoms with Crippen LogP contribution in [0.5, 0.6) is 0 Å². The first-order valence-corrected chi connectivity index (χ1v) is 9.14. The Morgan fingerprint density at radius 3 is 2.92 bits per heavy atom. The number of hydrogen-bond donors (Lipinski definition) is 2. The molecule has 0 spiro atoms. The molecule has 0 unspecified atom stereocenters. The van der Waals surface area contributed by atoms with Crippen molar-refractivity contribution in [1.29, 1.82) is 0 Å². The number of hydrogen-bond acceptors (Lipinski definition) is 6. The normalized spacial score (nSPS) is 11.5. The molecule has 8 heteroatoms. The van der Waals surface area contributed by atoms with Crippen LogP contribution in [0.25, 0.3) is 0 Å². The van der Waals surface area contributed by atoms with Gasteiger partial charge in [-0.2, -0.15) is 11.8 Å². The van der Waals surface area contributed by atoms with E-state index in [1.807, 2.05) is 24.6 Å². The van der Waals surface area contributed by atoms with E-state index in [0.29, 0.717) is 25.3 Å². The highest BCUT2D eigenvalue weighted by Gasteiger charge is 2.22. The van der Waals surface area contributed by atoms with Crippen LogP contribution in [0.3, 0.4) is 0 Å².